The quantitative estimate of drug-likeness (QED) is 0.572. The summed E-state index contributed by atoms with van der Waals surface area (Å²) in [5, 5.41) is 2.97. The Morgan fingerprint density at radius 3 is 2.39 bits per heavy atom. The van der Waals surface area contributed by atoms with Crippen LogP contribution in [0.5, 0.6) is 0 Å². The second-order valence-electron chi connectivity index (χ2n) is 7.92. The van der Waals surface area contributed by atoms with E-state index >= 15 is 0 Å². The standard InChI is InChI=1S/C25H27N3O3/c1-19-8-5-6-12-23(19)26-25(30)28(21-13-14-21)18-24(29)27(17-22-11-7-15-31-22)16-20-9-3-2-4-10-20/h2-12,15,21H,13-14,16-18H2,1H3,(H,26,30). The molecule has 0 spiro atoms. The zero-order chi connectivity index (χ0) is 21.6. The molecule has 0 bridgehead atoms. The topological polar surface area (TPSA) is 65.8 Å². The highest BCUT2D eigenvalue weighted by atomic mass is 16.3. The molecular weight excluding hydrogens is 390 g/mol. The molecule has 0 saturated heterocycles. The van der Waals surface area contributed by atoms with E-state index in [-0.39, 0.29) is 24.5 Å². The Balaban J connectivity index is 1.48. The average Bonchev–Trinajstić information content (AvgIpc) is 3.49. The van der Waals surface area contributed by atoms with Crippen LogP contribution in [0, 0.1) is 6.92 Å². The summed E-state index contributed by atoms with van der Waals surface area (Å²) in [7, 11) is 0. The second kappa shape index (κ2) is 9.51. The van der Waals surface area contributed by atoms with Crippen LogP contribution in [-0.4, -0.2) is 34.3 Å². The summed E-state index contributed by atoms with van der Waals surface area (Å²) >= 11 is 0. The molecule has 1 aromatic heterocycles. The Morgan fingerprint density at radius 1 is 0.968 bits per heavy atom. The van der Waals surface area contributed by atoms with E-state index in [4.69, 9.17) is 4.42 Å². The number of para-hydroxylation sites is 1. The van der Waals surface area contributed by atoms with Gasteiger partial charge in [0.15, 0.2) is 0 Å². The van der Waals surface area contributed by atoms with Crippen molar-refractivity contribution in [3.63, 3.8) is 0 Å². The van der Waals surface area contributed by atoms with Gasteiger partial charge in [0, 0.05) is 18.3 Å². The normalized spacial score (nSPS) is 12.9. The maximum Gasteiger partial charge on any atom is 0.322 e. The van der Waals surface area contributed by atoms with E-state index in [1.165, 1.54) is 0 Å². The molecule has 1 aliphatic rings. The lowest BCUT2D eigenvalue weighted by atomic mass is 10.2. The third-order valence-electron chi connectivity index (χ3n) is 5.44. The van der Waals surface area contributed by atoms with Gasteiger partial charge >= 0.3 is 6.03 Å². The first-order chi connectivity index (χ1) is 15.1. The molecule has 3 amide bonds. The van der Waals surface area contributed by atoms with Crippen molar-refractivity contribution < 1.29 is 14.0 Å². The number of nitrogens with zero attached hydrogens (tertiary/aromatic N) is 2. The highest BCUT2D eigenvalue weighted by Gasteiger charge is 2.35. The van der Waals surface area contributed by atoms with Gasteiger partial charge in [-0.25, -0.2) is 4.79 Å². The summed E-state index contributed by atoms with van der Waals surface area (Å²) in [6.07, 6.45) is 3.45. The summed E-state index contributed by atoms with van der Waals surface area (Å²) in [6.45, 7) is 2.81. The third kappa shape index (κ3) is 5.54. The van der Waals surface area contributed by atoms with Crippen LogP contribution in [0.4, 0.5) is 10.5 Å². The van der Waals surface area contributed by atoms with Gasteiger partial charge in [-0.15, -0.1) is 0 Å². The van der Waals surface area contributed by atoms with Gasteiger partial charge in [0.25, 0.3) is 0 Å². The van der Waals surface area contributed by atoms with Crippen LogP contribution in [0.25, 0.3) is 0 Å². The number of anilines is 1. The number of rotatable bonds is 8. The number of nitrogens with one attached hydrogen (secondary N) is 1. The fourth-order valence-corrected chi connectivity index (χ4v) is 3.53. The number of furan rings is 1. The van der Waals surface area contributed by atoms with Gasteiger partial charge in [0.05, 0.1) is 12.8 Å². The minimum atomic E-state index is -0.234. The van der Waals surface area contributed by atoms with E-state index in [1.54, 1.807) is 16.1 Å². The summed E-state index contributed by atoms with van der Waals surface area (Å²) in [5.41, 5.74) is 2.79. The second-order valence-corrected chi connectivity index (χ2v) is 7.92. The third-order valence-corrected chi connectivity index (χ3v) is 5.44. The summed E-state index contributed by atoms with van der Waals surface area (Å²) in [6, 6.07) is 21.0. The number of benzene rings is 2. The van der Waals surface area contributed by atoms with Crippen molar-refractivity contribution in [2.75, 3.05) is 11.9 Å². The molecule has 1 fully saturated rings. The predicted molar refractivity (Wildman–Crippen MR) is 119 cm³/mol. The molecule has 1 N–H and O–H groups in total. The van der Waals surface area contributed by atoms with E-state index < -0.39 is 0 Å². The fourth-order valence-electron chi connectivity index (χ4n) is 3.53. The van der Waals surface area contributed by atoms with Crippen molar-refractivity contribution in [1.82, 2.24) is 9.80 Å². The van der Waals surface area contributed by atoms with Crippen molar-refractivity contribution in [3.8, 4) is 0 Å². The maximum atomic E-state index is 13.3. The molecule has 0 unspecified atom stereocenters. The Bertz CT molecular complexity index is 1010. The Labute approximate surface area is 182 Å². The fraction of sp³-hybridized carbons (Fsp3) is 0.280. The molecule has 160 valence electrons. The Hall–Kier alpha value is -3.54. The minimum absolute atomic E-state index is 0.0376. The molecule has 4 rings (SSSR count). The van der Waals surface area contributed by atoms with Crippen molar-refractivity contribution in [2.45, 2.75) is 38.9 Å². The van der Waals surface area contributed by atoms with E-state index in [0.29, 0.717) is 18.8 Å². The number of aryl methyl sites for hydroxylation is 1. The summed E-state index contributed by atoms with van der Waals surface area (Å²) in [5.74, 6) is 0.610. The summed E-state index contributed by atoms with van der Waals surface area (Å²) < 4.78 is 5.47. The first-order valence-electron chi connectivity index (χ1n) is 10.6. The number of amides is 3. The highest BCUT2D eigenvalue weighted by Crippen LogP contribution is 2.28. The first kappa shape index (κ1) is 20.7. The SMILES string of the molecule is Cc1ccccc1NC(=O)N(CC(=O)N(Cc1ccccc1)Cc1ccco1)C1CC1. The van der Waals surface area contributed by atoms with Crippen molar-refractivity contribution in [3.05, 3.63) is 89.9 Å². The molecule has 1 saturated carbocycles. The number of carbonyl (C=O) groups is 2. The Morgan fingerprint density at radius 2 is 1.71 bits per heavy atom. The number of urea groups is 1. The smallest absolute Gasteiger partial charge is 0.322 e. The van der Waals surface area contributed by atoms with Gasteiger partial charge in [-0.05, 0) is 49.1 Å². The largest absolute Gasteiger partial charge is 0.467 e. The zero-order valence-electron chi connectivity index (χ0n) is 17.7. The summed E-state index contributed by atoms with van der Waals surface area (Å²) in [4.78, 5) is 29.7. The Kier molecular flexibility index (Phi) is 6.36. The lowest BCUT2D eigenvalue weighted by Gasteiger charge is -2.27. The van der Waals surface area contributed by atoms with Crippen LogP contribution < -0.4 is 5.32 Å². The van der Waals surface area contributed by atoms with Crippen LogP contribution in [-0.2, 0) is 17.9 Å². The molecule has 3 aromatic rings. The maximum absolute atomic E-state index is 13.3. The van der Waals surface area contributed by atoms with Gasteiger partial charge in [-0.2, -0.15) is 0 Å². The van der Waals surface area contributed by atoms with E-state index in [2.05, 4.69) is 5.32 Å². The number of hydrogen-bond acceptors (Lipinski definition) is 3. The van der Waals surface area contributed by atoms with E-state index in [9.17, 15) is 9.59 Å². The lowest BCUT2D eigenvalue weighted by molar-refractivity contribution is -0.133. The van der Waals surface area contributed by atoms with Gasteiger partial charge in [0.1, 0.15) is 12.3 Å². The van der Waals surface area contributed by atoms with Crippen LogP contribution in [0.15, 0.2) is 77.4 Å². The van der Waals surface area contributed by atoms with Crippen molar-refractivity contribution in [2.24, 2.45) is 0 Å². The van der Waals surface area contributed by atoms with Crippen LogP contribution in [0.3, 0.4) is 0 Å². The monoisotopic (exact) mass is 417 g/mol. The minimum Gasteiger partial charge on any atom is -0.467 e. The average molecular weight is 418 g/mol. The molecule has 0 aliphatic heterocycles. The number of carbonyl (C=O) groups excluding carboxylic acids is 2. The van der Waals surface area contributed by atoms with Crippen LogP contribution in [0.1, 0.15) is 29.7 Å². The molecule has 6 heteroatoms. The molecule has 2 aromatic carbocycles. The van der Waals surface area contributed by atoms with Crippen LogP contribution >= 0.6 is 0 Å². The van der Waals surface area contributed by atoms with E-state index in [0.717, 1.165) is 29.7 Å². The first-order valence-corrected chi connectivity index (χ1v) is 10.6. The highest BCUT2D eigenvalue weighted by molar-refractivity contribution is 5.93. The van der Waals surface area contributed by atoms with Gasteiger partial charge in [-0.3, -0.25) is 4.79 Å². The zero-order valence-corrected chi connectivity index (χ0v) is 17.7. The molecule has 0 atom stereocenters. The van der Waals surface area contributed by atoms with Gasteiger partial charge in [0.2, 0.25) is 5.91 Å². The van der Waals surface area contributed by atoms with E-state index in [1.807, 2.05) is 73.7 Å². The molecule has 1 aliphatic carbocycles. The molecular formula is C25H27N3O3. The van der Waals surface area contributed by atoms with Crippen LogP contribution in [0.2, 0.25) is 0 Å². The van der Waals surface area contributed by atoms with Gasteiger partial charge < -0.3 is 19.5 Å². The van der Waals surface area contributed by atoms with Crippen molar-refractivity contribution in [1.29, 1.82) is 0 Å². The molecule has 31 heavy (non-hydrogen) atoms. The lowest BCUT2D eigenvalue weighted by Crippen LogP contribution is -2.45. The molecule has 1 heterocycles. The van der Waals surface area contributed by atoms with Crippen molar-refractivity contribution >= 4 is 17.6 Å². The predicted octanol–water partition coefficient (Wildman–Crippen LogP) is 4.81. The molecule has 6 nitrogen and oxygen atoms in total. The van der Waals surface area contributed by atoms with Gasteiger partial charge in [-0.1, -0.05) is 48.5 Å². The molecule has 0 radical (unpaired) electrons. The number of hydrogen-bond donors (Lipinski definition) is 1.